The summed E-state index contributed by atoms with van der Waals surface area (Å²) in [5.74, 6) is 2.51. The summed E-state index contributed by atoms with van der Waals surface area (Å²) in [6.45, 7) is 1.77. The van der Waals surface area contributed by atoms with Crippen LogP contribution in [0, 0.1) is 12.3 Å². The van der Waals surface area contributed by atoms with Crippen LogP contribution < -0.4 is 10.6 Å². The van der Waals surface area contributed by atoms with Gasteiger partial charge in [0, 0.05) is 49.5 Å². The highest BCUT2D eigenvalue weighted by atomic mass is 16.5. The Morgan fingerprint density at radius 1 is 1.36 bits per heavy atom. The maximum absolute atomic E-state index is 12.3. The first-order valence-corrected chi connectivity index (χ1v) is 9.86. The number of nitrogens with zero attached hydrogens (tertiary/aromatic N) is 2. The SMILES string of the molecule is C#CCCOCC(=O)N1CCC2=C(C=NC(NC3Cc4ccccc4C3)N2)C1. The van der Waals surface area contributed by atoms with Gasteiger partial charge in [-0.1, -0.05) is 24.3 Å². The second-order valence-corrected chi connectivity index (χ2v) is 7.44. The van der Waals surface area contributed by atoms with Crippen molar-refractivity contribution in [3.05, 3.63) is 46.7 Å². The van der Waals surface area contributed by atoms with Crippen molar-refractivity contribution in [3.63, 3.8) is 0 Å². The van der Waals surface area contributed by atoms with E-state index in [1.807, 2.05) is 11.1 Å². The van der Waals surface area contributed by atoms with Crippen LogP contribution in [0.15, 0.2) is 40.5 Å². The summed E-state index contributed by atoms with van der Waals surface area (Å²) in [4.78, 5) is 18.7. The number of fused-ring (bicyclic) bond motifs is 1. The number of carbonyl (C=O) groups is 1. The van der Waals surface area contributed by atoms with Crippen molar-refractivity contribution < 1.29 is 9.53 Å². The van der Waals surface area contributed by atoms with Gasteiger partial charge < -0.3 is 15.0 Å². The van der Waals surface area contributed by atoms with Gasteiger partial charge in [0.25, 0.3) is 0 Å². The van der Waals surface area contributed by atoms with Crippen LogP contribution in [0.3, 0.4) is 0 Å². The molecule has 1 aliphatic carbocycles. The standard InChI is InChI=1S/C22H26N4O2/c1-2-3-10-28-15-21(27)26-9-8-20-18(14-26)13-23-22(25-20)24-19-11-16-6-4-5-7-17(16)12-19/h1,4-7,13,19,22,24-25H,3,8-12,14-15H2. The molecule has 0 aromatic heterocycles. The van der Waals surface area contributed by atoms with Crippen LogP contribution in [0.5, 0.6) is 0 Å². The summed E-state index contributed by atoms with van der Waals surface area (Å²) < 4.78 is 5.33. The van der Waals surface area contributed by atoms with E-state index in [1.165, 1.54) is 16.8 Å². The molecule has 1 amide bonds. The molecule has 2 N–H and O–H groups in total. The predicted octanol–water partition coefficient (Wildman–Crippen LogP) is 1.23. The minimum absolute atomic E-state index is 0.000870. The van der Waals surface area contributed by atoms with Crippen molar-refractivity contribution in [1.29, 1.82) is 0 Å². The van der Waals surface area contributed by atoms with E-state index < -0.39 is 0 Å². The zero-order valence-corrected chi connectivity index (χ0v) is 16.0. The number of benzene rings is 1. The number of amides is 1. The highest BCUT2D eigenvalue weighted by molar-refractivity contribution is 5.85. The molecule has 2 aliphatic heterocycles. The number of rotatable bonds is 6. The number of terminal acetylenes is 1. The fraction of sp³-hybridized carbons (Fsp3) is 0.455. The summed E-state index contributed by atoms with van der Waals surface area (Å²) in [6.07, 6.45) is 10.4. The highest BCUT2D eigenvalue weighted by Crippen LogP contribution is 2.23. The van der Waals surface area contributed by atoms with Gasteiger partial charge in [-0.25, -0.2) is 0 Å². The molecule has 146 valence electrons. The van der Waals surface area contributed by atoms with Crippen LogP contribution in [0.2, 0.25) is 0 Å². The third-order valence-corrected chi connectivity index (χ3v) is 5.48. The van der Waals surface area contributed by atoms with Crippen molar-refractivity contribution in [1.82, 2.24) is 15.5 Å². The molecule has 0 saturated heterocycles. The minimum atomic E-state index is -0.104. The molecule has 2 heterocycles. The van der Waals surface area contributed by atoms with Crippen LogP contribution in [0.25, 0.3) is 0 Å². The smallest absolute Gasteiger partial charge is 0.248 e. The molecule has 0 radical (unpaired) electrons. The molecule has 28 heavy (non-hydrogen) atoms. The molecule has 1 aromatic rings. The van der Waals surface area contributed by atoms with Crippen LogP contribution in [0.4, 0.5) is 0 Å². The van der Waals surface area contributed by atoms with E-state index in [-0.39, 0.29) is 18.8 Å². The quantitative estimate of drug-likeness (QED) is 0.577. The fourth-order valence-corrected chi connectivity index (χ4v) is 4.02. The summed E-state index contributed by atoms with van der Waals surface area (Å²) in [7, 11) is 0. The van der Waals surface area contributed by atoms with E-state index in [9.17, 15) is 4.79 Å². The van der Waals surface area contributed by atoms with Gasteiger partial charge >= 0.3 is 0 Å². The van der Waals surface area contributed by atoms with Crippen LogP contribution in [-0.2, 0) is 22.4 Å². The Labute approximate surface area is 166 Å². The number of ether oxygens (including phenoxy) is 1. The molecule has 0 spiro atoms. The zero-order valence-electron chi connectivity index (χ0n) is 16.0. The number of hydrogen-bond donors (Lipinski definition) is 2. The molecule has 0 saturated carbocycles. The lowest BCUT2D eigenvalue weighted by atomic mass is 10.1. The maximum atomic E-state index is 12.3. The fourth-order valence-electron chi connectivity index (χ4n) is 4.02. The van der Waals surface area contributed by atoms with E-state index in [0.717, 1.165) is 24.8 Å². The first-order valence-electron chi connectivity index (χ1n) is 9.86. The van der Waals surface area contributed by atoms with Crippen molar-refractivity contribution in [2.75, 3.05) is 26.3 Å². The normalized spacial score (nSPS) is 21.1. The third-order valence-electron chi connectivity index (χ3n) is 5.48. The van der Waals surface area contributed by atoms with Gasteiger partial charge in [0.15, 0.2) is 6.29 Å². The zero-order chi connectivity index (χ0) is 19.3. The van der Waals surface area contributed by atoms with E-state index in [4.69, 9.17) is 11.2 Å². The summed E-state index contributed by atoms with van der Waals surface area (Å²) in [5.41, 5.74) is 5.11. The molecule has 3 aliphatic rings. The molecule has 1 aromatic carbocycles. The van der Waals surface area contributed by atoms with Crippen molar-refractivity contribution >= 4 is 12.1 Å². The largest absolute Gasteiger partial charge is 0.371 e. The topological polar surface area (TPSA) is 66.0 Å². The Kier molecular flexibility index (Phi) is 5.75. The van der Waals surface area contributed by atoms with Gasteiger partial charge in [-0.05, 0) is 24.0 Å². The lowest BCUT2D eigenvalue weighted by molar-refractivity contribution is -0.135. The Morgan fingerprint density at radius 2 is 2.14 bits per heavy atom. The van der Waals surface area contributed by atoms with E-state index in [2.05, 4.69) is 45.8 Å². The summed E-state index contributed by atoms with van der Waals surface area (Å²) in [5, 5.41) is 7.12. The predicted molar refractivity (Wildman–Crippen MR) is 109 cm³/mol. The number of aliphatic imine (C=N–C) groups is 1. The van der Waals surface area contributed by atoms with Gasteiger partial charge in [0.2, 0.25) is 5.91 Å². The average molecular weight is 378 g/mol. The Morgan fingerprint density at radius 3 is 2.89 bits per heavy atom. The first kappa shape index (κ1) is 18.7. The summed E-state index contributed by atoms with van der Waals surface area (Å²) >= 11 is 0. The van der Waals surface area contributed by atoms with Gasteiger partial charge in [0.1, 0.15) is 6.61 Å². The second-order valence-electron chi connectivity index (χ2n) is 7.44. The monoisotopic (exact) mass is 378 g/mol. The van der Waals surface area contributed by atoms with Crippen molar-refractivity contribution in [2.45, 2.75) is 38.0 Å². The molecule has 6 nitrogen and oxygen atoms in total. The molecule has 1 atom stereocenters. The van der Waals surface area contributed by atoms with Gasteiger partial charge in [-0.3, -0.25) is 15.1 Å². The van der Waals surface area contributed by atoms with Crippen LogP contribution in [0.1, 0.15) is 24.0 Å². The molecule has 0 fully saturated rings. The van der Waals surface area contributed by atoms with Gasteiger partial charge in [0.05, 0.1) is 6.61 Å². The Bertz CT molecular complexity index is 814. The van der Waals surface area contributed by atoms with E-state index in [0.29, 0.717) is 32.2 Å². The van der Waals surface area contributed by atoms with Crippen LogP contribution in [-0.4, -0.2) is 55.7 Å². The molecular weight excluding hydrogens is 352 g/mol. The first-order chi connectivity index (χ1) is 13.7. The van der Waals surface area contributed by atoms with Crippen LogP contribution >= 0.6 is 0 Å². The van der Waals surface area contributed by atoms with Gasteiger partial charge in [-0.2, -0.15) is 0 Å². The number of carbonyl (C=O) groups excluding carboxylic acids is 1. The number of hydrogen-bond acceptors (Lipinski definition) is 5. The third kappa shape index (κ3) is 4.27. The Hall–Kier alpha value is -2.62. The molecular formula is C22H26N4O2. The number of nitrogens with one attached hydrogen (secondary N) is 2. The lowest BCUT2D eigenvalue weighted by Crippen LogP contribution is -2.50. The minimum Gasteiger partial charge on any atom is -0.371 e. The van der Waals surface area contributed by atoms with Gasteiger partial charge in [-0.15, -0.1) is 12.3 Å². The second kappa shape index (κ2) is 8.59. The molecule has 0 bridgehead atoms. The van der Waals surface area contributed by atoms with E-state index in [1.54, 1.807) is 0 Å². The van der Waals surface area contributed by atoms with Crippen molar-refractivity contribution in [2.24, 2.45) is 4.99 Å². The molecule has 6 heteroatoms. The summed E-state index contributed by atoms with van der Waals surface area (Å²) in [6, 6.07) is 9.02. The highest BCUT2D eigenvalue weighted by Gasteiger charge is 2.28. The molecule has 1 unspecified atom stereocenters. The van der Waals surface area contributed by atoms with Crippen molar-refractivity contribution in [3.8, 4) is 12.3 Å². The molecule has 4 rings (SSSR count). The average Bonchev–Trinajstić information content (AvgIpc) is 3.13. The van der Waals surface area contributed by atoms with E-state index >= 15 is 0 Å². The Balaban J connectivity index is 1.27. The lowest BCUT2D eigenvalue weighted by Gasteiger charge is -2.34. The maximum Gasteiger partial charge on any atom is 0.248 e.